The van der Waals surface area contributed by atoms with Gasteiger partial charge in [-0.2, -0.15) is 0 Å². The van der Waals surface area contributed by atoms with Crippen molar-refractivity contribution in [3.63, 3.8) is 0 Å². The second kappa shape index (κ2) is 5.74. The maximum Gasteiger partial charge on any atom is 0.118 e. The van der Waals surface area contributed by atoms with Crippen LogP contribution in [-0.2, 0) is 4.74 Å². The molecule has 2 aliphatic rings. The fraction of sp³-hybridized carbons (Fsp3) is 0.647. The Bertz CT molecular complexity index is 434. The van der Waals surface area contributed by atoms with E-state index in [1.165, 1.54) is 25.7 Å². The van der Waals surface area contributed by atoms with Gasteiger partial charge in [-0.1, -0.05) is 25.0 Å². The van der Waals surface area contributed by atoms with Crippen molar-refractivity contribution in [3.05, 3.63) is 29.8 Å². The quantitative estimate of drug-likeness (QED) is 0.918. The Kier molecular flexibility index (Phi) is 3.99. The Morgan fingerprint density at radius 2 is 1.95 bits per heavy atom. The standard InChI is InChI=1S/C17H24O3/c1-19-15-6-4-13(5-7-15)16(18)14-8-11-20-17(12-14)9-2-3-10-17/h4-7,14,16,18H,2-3,8-12H2,1H3. The number of benzene rings is 1. The van der Waals surface area contributed by atoms with Gasteiger partial charge in [-0.05, 0) is 49.3 Å². The summed E-state index contributed by atoms with van der Waals surface area (Å²) < 4.78 is 11.2. The van der Waals surface area contributed by atoms with Crippen LogP contribution in [0.15, 0.2) is 24.3 Å². The van der Waals surface area contributed by atoms with E-state index >= 15 is 0 Å². The van der Waals surface area contributed by atoms with Crippen molar-refractivity contribution < 1.29 is 14.6 Å². The molecule has 2 atom stereocenters. The molecule has 1 aromatic carbocycles. The van der Waals surface area contributed by atoms with Gasteiger partial charge < -0.3 is 14.6 Å². The van der Waals surface area contributed by atoms with Gasteiger partial charge in [0.1, 0.15) is 5.75 Å². The summed E-state index contributed by atoms with van der Waals surface area (Å²) in [7, 11) is 1.66. The van der Waals surface area contributed by atoms with Gasteiger partial charge in [0.25, 0.3) is 0 Å². The molecular weight excluding hydrogens is 252 g/mol. The molecule has 3 nitrogen and oxygen atoms in total. The highest BCUT2D eigenvalue weighted by atomic mass is 16.5. The third-order valence-corrected chi connectivity index (χ3v) is 4.95. The van der Waals surface area contributed by atoms with Crippen molar-refractivity contribution >= 4 is 0 Å². The van der Waals surface area contributed by atoms with Crippen LogP contribution in [0.1, 0.15) is 50.2 Å². The second-order valence-corrected chi connectivity index (χ2v) is 6.21. The van der Waals surface area contributed by atoms with E-state index in [9.17, 15) is 5.11 Å². The van der Waals surface area contributed by atoms with Crippen LogP contribution >= 0.6 is 0 Å². The Balaban J connectivity index is 1.70. The van der Waals surface area contributed by atoms with E-state index in [0.29, 0.717) is 5.92 Å². The van der Waals surface area contributed by atoms with Crippen LogP contribution in [0.4, 0.5) is 0 Å². The summed E-state index contributed by atoms with van der Waals surface area (Å²) >= 11 is 0. The minimum Gasteiger partial charge on any atom is -0.497 e. The zero-order valence-corrected chi connectivity index (χ0v) is 12.2. The fourth-order valence-electron chi connectivity index (χ4n) is 3.78. The zero-order valence-electron chi connectivity index (χ0n) is 12.2. The average molecular weight is 276 g/mol. The SMILES string of the molecule is COc1ccc(C(O)C2CCOC3(CCCC3)C2)cc1. The molecule has 1 saturated carbocycles. The predicted molar refractivity (Wildman–Crippen MR) is 77.8 cm³/mol. The number of aliphatic hydroxyl groups is 1. The number of methoxy groups -OCH3 is 1. The van der Waals surface area contributed by atoms with E-state index < -0.39 is 0 Å². The van der Waals surface area contributed by atoms with Gasteiger partial charge in [-0.25, -0.2) is 0 Å². The van der Waals surface area contributed by atoms with Gasteiger partial charge in [0, 0.05) is 6.61 Å². The van der Waals surface area contributed by atoms with Gasteiger partial charge in [0.2, 0.25) is 0 Å². The number of hydrogen-bond acceptors (Lipinski definition) is 3. The first kappa shape index (κ1) is 13.9. The molecule has 3 rings (SSSR count). The average Bonchev–Trinajstić information content (AvgIpc) is 2.94. The number of ether oxygens (including phenoxy) is 2. The molecule has 3 heteroatoms. The van der Waals surface area contributed by atoms with Crippen molar-refractivity contribution in [1.82, 2.24) is 0 Å². The van der Waals surface area contributed by atoms with E-state index in [2.05, 4.69) is 0 Å². The highest BCUT2D eigenvalue weighted by Crippen LogP contribution is 2.45. The number of rotatable bonds is 3. The predicted octanol–water partition coefficient (Wildman–Crippen LogP) is 3.47. The van der Waals surface area contributed by atoms with Gasteiger partial charge in [-0.3, -0.25) is 0 Å². The van der Waals surface area contributed by atoms with E-state index in [1.54, 1.807) is 7.11 Å². The Hall–Kier alpha value is -1.06. The van der Waals surface area contributed by atoms with Crippen LogP contribution in [0.25, 0.3) is 0 Å². The first-order valence-corrected chi connectivity index (χ1v) is 7.68. The molecule has 20 heavy (non-hydrogen) atoms. The number of aliphatic hydroxyl groups excluding tert-OH is 1. The lowest BCUT2D eigenvalue weighted by Crippen LogP contribution is -2.39. The van der Waals surface area contributed by atoms with Crippen molar-refractivity contribution in [2.45, 2.75) is 50.2 Å². The van der Waals surface area contributed by atoms with E-state index in [4.69, 9.17) is 9.47 Å². The summed E-state index contributed by atoms with van der Waals surface area (Å²) in [6, 6.07) is 7.78. The van der Waals surface area contributed by atoms with E-state index in [-0.39, 0.29) is 11.7 Å². The highest BCUT2D eigenvalue weighted by molar-refractivity contribution is 5.28. The van der Waals surface area contributed by atoms with Crippen molar-refractivity contribution in [1.29, 1.82) is 0 Å². The molecule has 2 unspecified atom stereocenters. The van der Waals surface area contributed by atoms with Crippen LogP contribution in [0.5, 0.6) is 5.75 Å². The molecule has 0 amide bonds. The van der Waals surface area contributed by atoms with Gasteiger partial charge in [0.05, 0.1) is 18.8 Å². The minimum absolute atomic E-state index is 0.0658. The molecular formula is C17H24O3. The monoisotopic (exact) mass is 276 g/mol. The Labute approximate surface area is 120 Å². The fourth-order valence-corrected chi connectivity index (χ4v) is 3.78. The first-order chi connectivity index (χ1) is 9.72. The summed E-state index contributed by atoms with van der Waals surface area (Å²) in [6.07, 6.45) is 6.44. The lowest BCUT2D eigenvalue weighted by Gasteiger charge is -2.40. The normalized spacial score (nSPS) is 26.6. The van der Waals surface area contributed by atoms with Crippen molar-refractivity contribution in [2.24, 2.45) is 5.92 Å². The minimum atomic E-state index is -0.387. The van der Waals surface area contributed by atoms with Gasteiger partial charge in [0.15, 0.2) is 0 Å². The summed E-state index contributed by atoms with van der Waals surface area (Å²) in [4.78, 5) is 0. The summed E-state index contributed by atoms with van der Waals surface area (Å²) in [6.45, 7) is 0.790. The number of hydrogen-bond donors (Lipinski definition) is 1. The third-order valence-electron chi connectivity index (χ3n) is 4.95. The second-order valence-electron chi connectivity index (χ2n) is 6.21. The summed E-state index contributed by atoms with van der Waals surface area (Å²) in [5.74, 6) is 1.15. The molecule has 1 heterocycles. The molecule has 1 N–H and O–H groups in total. The van der Waals surface area contributed by atoms with E-state index in [1.807, 2.05) is 24.3 Å². The smallest absolute Gasteiger partial charge is 0.118 e. The van der Waals surface area contributed by atoms with Crippen molar-refractivity contribution in [3.8, 4) is 5.75 Å². The Morgan fingerprint density at radius 3 is 2.60 bits per heavy atom. The summed E-state index contributed by atoms with van der Waals surface area (Å²) in [5.41, 5.74) is 1.06. The molecule has 110 valence electrons. The molecule has 0 bridgehead atoms. The van der Waals surface area contributed by atoms with Gasteiger partial charge >= 0.3 is 0 Å². The highest BCUT2D eigenvalue weighted by Gasteiger charge is 2.41. The molecule has 0 radical (unpaired) electrons. The lowest BCUT2D eigenvalue weighted by atomic mass is 9.80. The maximum absolute atomic E-state index is 10.7. The Morgan fingerprint density at radius 1 is 1.25 bits per heavy atom. The molecule has 1 aliphatic heterocycles. The van der Waals surface area contributed by atoms with Crippen LogP contribution in [0.3, 0.4) is 0 Å². The molecule has 2 fully saturated rings. The van der Waals surface area contributed by atoms with Crippen LogP contribution in [0, 0.1) is 5.92 Å². The first-order valence-electron chi connectivity index (χ1n) is 7.68. The lowest BCUT2D eigenvalue weighted by molar-refractivity contribution is -0.113. The molecule has 1 saturated heterocycles. The molecule has 0 aromatic heterocycles. The van der Waals surface area contributed by atoms with E-state index in [0.717, 1.165) is 30.8 Å². The topological polar surface area (TPSA) is 38.7 Å². The molecule has 1 aliphatic carbocycles. The zero-order chi connectivity index (χ0) is 14.0. The molecule has 1 spiro atoms. The van der Waals surface area contributed by atoms with Gasteiger partial charge in [-0.15, -0.1) is 0 Å². The van der Waals surface area contributed by atoms with Crippen LogP contribution in [-0.4, -0.2) is 24.4 Å². The molecule has 1 aromatic rings. The summed E-state index contributed by atoms with van der Waals surface area (Å²) in [5, 5.41) is 10.7. The van der Waals surface area contributed by atoms with Crippen molar-refractivity contribution in [2.75, 3.05) is 13.7 Å². The third kappa shape index (κ3) is 2.70. The van der Waals surface area contributed by atoms with Crippen LogP contribution in [0.2, 0.25) is 0 Å². The maximum atomic E-state index is 10.7. The van der Waals surface area contributed by atoms with Crippen LogP contribution < -0.4 is 4.74 Å². The largest absolute Gasteiger partial charge is 0.497 e.